The Bertz CT molecular complexity index is 2790. The molecule has 3 heterocycles. The summed E-state index contributed by atoms with van der Waals surface area (Å²) in [6.45, 7) is 10.8. The third-order valence-corrected chi connectivity index (χ3v) is 11.9. The van der Waals surface area contributed by atoms with Crippen LogP contribution in [0.1, 0.15) is 26.7 Å². The first kappa shape index (κ1) is 36.5. The van der Waals surface area contributed by atoms with Gasteiger partial charge in [0.2, 0.25) is 0 Å². The van der Waals surface area contributed by atoms with E-state index >= 15 is 0 Å². The molecule has 9 rings (SSSR count). The normalized spacial score (nSPS) is 11.8. The molecule has 0 atom stereocenters. The minimum atomic E-state index is -1.57. The Morgan fingerprint density at radius 2 is 1.24 bits per heavy atom. The molecule has 0 fully saturated rings. The van der Waals surface area contributed by atoms with Gasteiger partial charge in [0.15, 0.2) is 0 Å². The maximum Gasteiger partial charge on any atom is 0.121 e. The van der Waals surface area contributed by atoms with Crippen molar-refractivity contribution in [1.29, 1.82) is 0 Å². The predicted molar refractivity (Wildman–Crippen MR) is 230 cm³/mol. The van der Waals surface area contributed by atoms with Crippen LogP contribution in [0.25, 0.3) is 77.5 Å². The van der Waals surface area contributed by atoms with Gasteiger partial charge in [-0.1, -0.05) is 159 Å². The van der Waals surface area contributed by atoms with Crippen LogP contribution in [0, 0.1) is 12.1 Å². The van der Waals surface area contributed by atoms with Gasteiger partial charge in [0.25, 0.3) is 0 Å². The summed E-state index contributed by atoms with van der Waals surface area (Å²) >= 11 is 0. The Morgan fingerprint density at radius 3 is 1.93 bits per heavy atom. The van der Waals surface area contributed by atoms with Crippen molar-refractivity contribution in [2.45, 2.75) is 39.4 Å². The fraction of sp³-hybridized carbons (Fsp3) is 0.120. The van der Waals surface area contributed by atoms with E-state index in [1.54, 1.807) is 0 Å². The Hall–Kier alpha value is -5.45. The maximum atomic E-state index is 8.61. The molecule has 0 unspecified atom stereocenters. The first-order valence-corrected chi connectivity index (χ1v) is 21.9. The first-order valence-electron chi connectivity index (χ1n) is 18.9. The Morgan fingerprint density at radius 1 is 0.600 bits per heavy atom. The molecule has 5 heteroatoms. The Kier molecular flexibility index (Phi) is 10.7. The monoisotopic (exact) mass is 908 g/mol. The van der Waals surface area contributed by atoms with Gasteiger partial charge < -0.3 is 14.4 Å². The summed E-state index contributed by atoms with van der Waals surface area (Å²) in [4.78, 5) is 9.42. The summed E-state index contributed by atoms with van der Waals surface area (Å²) in [7, 11) is -1.57. The van der Waals surface area contributed by atoms with Crippen LogP contribution in [0.2, 0.25) is 19.6 Å². The maximum absolute atomic E-state index is 8.61. The van der Waals surface area contributed by atoms with Crippen LogP contribution in [0.15, 0.2) is 162 Å². The predicted octanol–water partition coefficient (Wildman–Crippen LogP) is 13.2. The van der Waals surface area contributed by atoms with Crippen molar-refractivity contribution >= 4 is 46.0 Å². The molecule has 0 aliphatic carbocycles. The zero-order chi connectivity index (χ0) is 38.2. The molecule has 6 aromatic carbocycles. The number of aromatic nitrogens is 2. The van der Waals surface area contributed by atoms with E-state index in [0.29, 0.717) is 0 Å². The van der Waals surface area contributed by atoms with Gasteiger partial charge in [-0.25, -0.2) is 0 Å². The zero-order valence-electron chi connectivity index (χ0n) is 32.6. The SMILES string of the molecule is [2H]C(C)(C)c1cc(-c2[c-]ccc(-c3ccccc3)c2)ncc1[Si](C)(C)C.[Ir].[c-]1ccc2c(oc3cc(-c4ccccc4)ccc32)c1-c1cc2ccccc2cn1. The van der Waals surface area contributed by atoms with E-state index in [1.807, 2.05) is 74.8 Å². The van der Waals surface area contributed by atoms with Gasteiger partial charge in [0.1, 0.15) is 5.58 Å². The Labute approximate surface area is 339 Å². The number of hydrogen-bond donors (Lipinski definition) is 0. The molecular weight excluding hydrogens is 865 g/mol. The molecule has 9 aromatic rings. The van der Waals surface area contributed by atoms with E-state index in [0.717, 1.165) is 71.9 Å². The molecule has 55 heavy (non-hydrogen) atoms. The van der Waals surface area contributed by atoms with Crippen molar-refractivity contribution in [3.05, 3.63) is 176 Å². The molecule has 0 amide bonds. The second kappa shape index (κ2) is 16.1. The topological polar surface area (TPSA) is 38.9 Å². The van der Waals surface area contributed by atoms with Crippen molar-refractivity contribution in [1.82, 2.24) is 9.97 Å². The molecule has 1 radical (unpaired) electrons. The van der Waals surface area contributed by atoms with E-state index in [9.17, 15) is 0 Å². The van der Waals surface area contributed by atoms with Crippen molar-refractivity contribution in [3.63, 3.8) is 0 Å². The molecule has 0 N–H and O–H groups in total. The van der Waals surface area contributed by atoms with Crippen LogP contribution in [0.5, 0.6) is 0 Å². The van der Waals surface area contributed by atoms with E-state index < -0.39 is 14.0 Å². The summed E-state index contributed by atoms with van der Waals surface area (Å²) in [5, 5.41) is 5.74. The minimum absolute atomic E-state index is 0. The number of nitrogens with zero attached hydrogens (tertiary/aromatic N) is 2. The number of benzene rings is 6. The second-order valence-electron chi connectivity index (χ2n) is 14.9. The first-order chi connectivity index (χ1) is 26.5. The van der Waals surface area contributed by atoms with Crippen molar-refractivity contribution in [2.75, 3.05) is 0 Å². The molecule has 0 aliphatic rings. The quantitative estimate of drug-likeness (QED) is 0.123. The van der Waals surface area contributed by atoms with E-state index in [2.05, 4.69) is 134 Å². The van der Waals surface area contributed by atoms with Gasteiger partial charge in [0, 0.05) is 39.3 Å². The minimum Gasteiger partial charge on any atom is -0.501 e. The number of hydrogen-bond acceptors (Lipinski definition) is 3. The van der Waals surface area contributed by atoms with Crippen LogP contribution < -0.4 is 5.19 Å². The van der Waals surface area contributed by atoms with Crippen molar-refractivity contribution in [3.8, 4) is 44.8 Å². The van der Waals surface area contributed by atoms with Crippen LogP contribution >= 0.6 is 0 Å². The molecule has 0 saturated heterocycles. The largest absolute Gasteiger partial charge is 0.501 e. The van der Waals surface area contributed by atoms with Gasteiger partial charge in [-0.2, -0.15) is 0 Å². The van der Waals surface area contributed by atoms with Gasteiger partial charge in [0.05, 0.1) is 13.7 Å². The van der Waals surface area contributed by atoms with Crippen molar-refractivity contribution in [2.24, 2.45) is 0 Å². The fourth-order valence-electron chi connectivity index (χ4n) is 7.00. The molecule has 3 aromatic heterocycles. The van der Waals surface area contributed by atoms with Gasteiger partial charge in [-0.15, -0.1) is 53.6 Å². The fourth-order valence-corrected chi connectivity index (χ4v) is 8.58. The average molecular weight is 908 g/mol. The number of fused-ring (bicyclic) bond motifs is 4. The number of rotatable bonds is 6. The summed E-state index contributed by atoms with van der Waals surface area (Å²) in [6, 6.07) is 56.4. The molecule has 0 saturated carbocycles. The van der Waals surface area contributed by atoms with E-state index in [-0.39, 0.29) is 20.1 Å². The van der Waals surface area contributed by atoms with E-state index in [1.165, 1.54) is 16.3 Å². The molecule has 3 nitrogen and oxygen atoms in total. The summed E-state index contributed by atoms with van der Waals surface area (Å²) < 4.78 is 15.0. The van der Waals surface area contributed by atoms with Gasteiger partial charge >= 0.3 is 0 Å². The van der Waals surface area contributed by atoms with Crippen LogP contribution in [0.4, 0.5) is 0 Å². The van der Waals surface area contributed by atoms with E-state index in [4.69, 9.17) is 10.8 Å². The average Bonchev–Trinajstić information content (AvgIpc) is 3.59. The summed E-state index contributed by atoms with van der Waals surface area (Å²) in [6.07, 6.45) is 3.91. The van der Waals surface area contributed by atoms with Gasteiger partial charge in [-0.05, 0) is 56.0 Å². The van der Waals surface area contributed by atoms with Gasteiger partial charge in [-0.3, -0.25) is 0 Å². The smallest absolute Gasteiger partial charge is 0.121 e. The molecule has 0 aliphatic heterocycles. The molecule has 273 valence electrons. The summed E-state index contributed by atoms with van der Waals surface area (Å²) in [5.41, 5.74) is 11.1. The molecule has 0 spiro atoms. The summed E-state index contributed by atoms with van der Waals surface area (Å²) in [5.74, 6) is -0.648. The standard InChI is InChI=1S/C27H16NO.C23H26NSi.Ir/c1-2-7-18(8-3-1)20-13-14-22-23-11-6-12-24(27(23)29-26(22)16-20)25-15-19-9-4-5-10-21(19)17-28-25;1-17(2)21-15-22(24-16-23(21)25(3,4)5)20-13-9-12-19(14-20)18-10-7-6-8-11-18;/h1-11,13-17H;6-12,14-17H,1-5H3;/q2*-1;/i;17D;. The number of furan rings is 1. The second-order valence-corrected chi connectivity index (χ2v) is 20.0. The Balaban J connectivity index is 0.000000170. The zero-order valence-corrected chi connectivity index (χ0v) is 35.0. The molecular formula is C50H42IrN2OSi-2. The van der Waals surface area contributed by atoms with Crippen LogP contribution in [0.3, 0.4) is 0 Å². The van der Waals surface area contributed by atoms with Crippen LogP contribution in [-0.2, 0) is 20.1 Å². The number of pyridine rings is 2. The van der Waals surface area contributed by atoms with Crippen molar-refractivity contribution < 1.29 is 25.9 Å². The third-order valence-electron chi connectivity index (χ3n) is 9.86. The molecule has 0 bridgehead atoms. The third kappa shape index (κ3) is 8.02. The van der Waals surface area contributed by atoms with Crippen LogP contribution in [-0.4, -0.2) is 18.0 Å².